The molecule has 1 fully saturated rings. The molecule has 19 heavy (non-hydrogen) atoms. The number of fused-ring (bicyclic) bond motifs is 1. The van der Waals surface area contributed by atoms with E-state index >= 15 is 0 Å². The first-order chi connectivity index (χ1) is 8.94. The van der Waals surface area contributed by atoms with E-state index in [4.69, 9.17) is 0 Å². The van der Waals surface area contributed by atoms with Gasteiger partial charge in [-0.15, -0.1) is 0 Å². The zero-order valence-electron chi connectivity index (χ0n) is 11.8. The number of rotatable bonds is 2. The van der Waals surface area contributed by atoms with Crippen molar-refractivity contribution >= 4 is 17.3 Å². The first kappa shape index (κ1) is 12.5. The smallest absolute Gasteiger partial charge is 0.228 e. The fourth-order valence-electron chi connectivity index (χ4n) is 3.05. The Morgan fingerprint density at radius 1 is 1.37 bits per heavy atom. The van der Waals surface area contributed by atoms with Crippen LogP contribution in [-0.4, -0.2) is 31.1 Å². The van der Waals surface area contributed by atoms with Crippen molar-refractivity contribution in [1.82, 2.24) is 5.32 Å². The summed E-state index contributed by atoms with van der Waals surface area (Å²) in [5.74, 6) is 0.0958. The first-order valence-corrected chi connectivity index (χ1v) is 6.85. The molecule has 1 aromatic carbocycles. The Morgan fingerprint density at radius 3 is 2.84 bits per heavy atom. The Bertz CT molecular complexity index is 524. The molecule has 1 unspecified atom stereocenters. The Hall–Kier alpha value is -1.55. The Balaban J connectivity index is 1.80. The lowest BCUT2D eigenvalue weighted by Gasteiger charge is -2.27. The Kier molecular flexibility index (Phi) is 2.78. The van der Waals surface area contributed by atoms with Gasteiger partial charge in [0.05, 0.1) is 6.42 Å². The van der Waals surface area contributed by atoms with Gasteiger partial charge in [0.15, 0.2) is 0 Å². The molecule has 0 spiro atoms. The van der Waals surface area contributed by atoms with Gasteiger partial charge in [0, 0.05) is 36.5 Å². The molecule has 2 aliphatic heterocycles. The van der Waals surface area contributed by atoms with Crippen LogP contribution in [0, 0.1) is 0 Å². The van der Waals surface area contributed by atoms with E-state index < -0.39 is 0 Å². The normalized spacial score (nSPS) is 24.2. The standard InChI is InChI=1S/C15H21N3O/c1-15(2)8-12(9-16-15)18(3)11-4-5-13-10(6-11)7-14(19)17-13/h4-6,12,16H,7-9H2,1-3H3,(H,17,19). The van der Waals surface area contributed by atoms with Gasteiger partial charge < -0.3 is 15.5 Å². The molecule has 1 aromatic rings. The number of hydrogen-bond donors (Lipinski definition) is 2. The average molecular weight is 259 g/mol. The van der Waals surface area contributed by atoms with Crippen molar-refractivity contribution < 1.29 is 4.79 Å². The van der Waals surface area contributed by atoms with E-state index in [0.29, 0.717) is 12.5 Å². The van der Waals surface area contributed by atoms with Crippen LogP contribution in [0.2, 0.25) is 0 Å². The second-order valence-corrected chi connectivity index (χ2v) is 6.30. The maximum atomic E-state index is 11.4. The molecular formula is C15H21N3O. The van der Waals surface area contributed by atoms with Crippen molar-refractivity contribution in [3.63, 3.8) is 0 Å². The third-order valence-electron chi connectivity index (χ3n) is 4.23. The van der Waals surface area contributed by atoms with E-state index in [9.17, 15) is 4.79 Å². The van der Waals surface area contributed by atoms with E-state index in [1.54, 1.807) is 0 Å². The Labute approximate surface area is 114 Å². The number of benzene rings is 1. The van der Waals surface area contributed by atoms with Crippen LogP contribution in [0.5, 0.6) is 0 Å². The zero-order chi connectivity index (χ0) is 13.6. The molecule has 1 amide bonds. The molecule has 0 bridgehead atoms. The van der Waals surface area contributed by atoms with Gasteiger partial charge in [-0.3, -0.25) is 4.79 Å². The molecule has 1 atom stereocenters. The highest BCUT2D eigenvalue weighted by atomic mass is 16.1. The van der Waals surface area contributed by atoms with Gasteiger partial charge in [0.1, 0.15) is 0 Å². The van der Waals surface area contributed by atoms with Gasteiger partial charge in [-0.1, -0.05) is 0 Å². The van der Waals surface area contributed by atoms with Gasteiger partial charge in [-0.2, -0.15) is 0 Å². The lowest BCUT2D eigenvalue weighted by molar-refractivity contribution is -0.115. The highest BCUT2D eigenvalue weighted by Gasteiger charge is 2.33. The molecule has 2 heterocycles. The van der Waals surface area contributed by atoms with Gasteiger partial charge >= 0.3 is 0 Å². The predicted molar refractivity (Wildman–Crippen MR) is 77.7 cm³/mol. The summed E-state index contributed by atoms with van der Waals surface area (Å²) in [4.78, 5) is 13.7. The number of nitrogens with one attached hydrogen (secondary N) is 2. The lowest BCUT2D eigenvalue weighted by Crippen LogP contribution is -2.33. The average Bonchev–Trinajstić information content (AvgIpc) is 2.88. The molecule has 1 saturated heterocycles. The van der Waals surface area contributed by atoms with Crippen LogP contribution < -0.4 is 15.5 Å². The second-order valence-electron chi connectivity index (χ2n) is 6.30. The lowest BCUT2D eigenvalue weighted by atomic mass is 10.0. The number of nitrogens with zero attached hydrogens (tertiary/aromatic N) is 1. The minimum Gasteiger partial charge on any atom is -0.370 e. The van der Waals surface area contributed by atoms with E-state index in [-0.39, 0.29) is 11.4 Å². The van der Waals surface area contributed by atoms with Crippen molar-refractivity contribution in [3.05, 3.63) is 23.8 Å². The molecule has 4 heteroatoms. The molecule has 0 aliphatic carbocycles. The van der Waals surface area contributed by atoms with Crippen molar-refractivity contribution in [2.45, 2.75) is 38.3 Å². The summed E-state index contributed by atoms with van der Waals surface area (Å²) in [5.41, 5.74) is 3.49. The molecule has 2 aliphatic rings. The molecule has 102 valence electrons. The van der Waals surface area contributed by atoms with E-state index in [1.165, 1.54) is 5.69 Å². The summed E-state index contributed by atoms with van der Waals surface area (Å²) >= 11 is 0. The maximum absolute atomic E-state index is 11.4. The van der Waals surface area contributed by atoms with Crippen LogP contribution in [0.1, 0.15) is 25.8 Å². The Morgan fingerprint density at radius 2 is 2.16 bits per heavy atom. The minimum absolute atomic E-state index is 0.0958. The summed E-state index contributed by atoms with van der Waals surface area (Å²) in [7, 11) is 2.14. The number of likely N-dealkylation sites (N-methyl/N-ethyl adjacent to an activating group) is 1. The van der Waals surface area contributed by atoms with Crippen molar-refractivity contribution in [3.8, 4) is 0 Å². The second kappa shape index (κ2) is 4.23. The monoisotopic (exact) mass is 259 g/mol. The highest BCUT2D eigenvalue weighted by Crippen LogP contribution is 2.30. The maximum Gasteiger partial charge on any atom is 0.228 e. The fourth-order valence-corrected chi connectivity index (χ4v) is 3.05. The topological polar surface area (TPSA) is 44.4 Å². The summed E-state index contributed by atoms with van der Waals surface area (Å²) in [5, 5.41) is 6.42. The van der Waals surface area contributed by atoms with Crippen LogP contribution in [-0.2, 0) is 11.2 Å². The van der Waals surface area contributed by atoms with Gasteiger partial charge in [0.25, 0.3) is 0 Å². The van der Waals surface area contributed by atoms with Crippen molar-refractivity contribution in [2.75, 3.05) is 23.8 Å². The number of carbonyl (C=O) groups is 1. The highest BCUT2D eigenvalue weighted by molar-refractivity contribution is 5.99. The first-order valence-electron chi connectivity index (χ1n) is 6.85. The molecular weight excluding hydrogens is 238 g/mol. The summed E-state index contributed by atoms with van der Waals surface area (Å²) < 4.78 is 0. The molecule has 0 aromatic heterocycles. The molecule has 0 radical (unpaired) electrons. The predicted octanol–water partition coefficient (Wildman–Crippen LogP) is 1.76. The summed E-state index contributed by atoms with van der Waals surface area (Å²) in [6.07, 6.45) is 1.64. The number of amides is 1. The van der Waals surface area contributed by atoms with Gasteiger partial charge in [-0.25, -0.2) is 0 Å². The quantitative estimate of drug-likeness (QED) is 0.850. The molecule has 3 rings (SSSR count). The van der Waals surface area contributed by atoms with Crippen LogP contribution in [0.4, 0.5) is 11.4 Å². The molecule has 4 nitrogen and oxygen atoms in total. The van der Waals surface area contributed by atoms with Crippen molar-refractivity contribution in [2.24, 2.45) is 0 Å². The van der Waals surface area contributed by atoms with E-state index in [1.807, 2.05) is 6.07 Å². The van der Waals surface area contributed by atoms with Crippen molar-refractivity contribution in [1.29, 1.82) is 0 Å². The zero-order valence-corrected chi connectivity index (χ0v) is 11.8. The SMILES string of the molecule is CN(c1ccc2c(c1)CC(=O)N2)C1CNC(C)(C)C1. The third kappa shape index (κ3) is 2.32. The van der Waals surface area contributed by atoms with Gasteiger partial charge in [0.2, 0.25) is 5.91 Å². The minimum atomic E-state index is 0.0958. The summed E-state index contributed by atoms with van der Waals surface area (Å²) in [6.45, 7) is 5.50. The molecule has 0 saturated carbocycles. The number of carbonyl (C=O) groups excluding carboxylic acids is 1. The van der Waals surface area contributed by atoms with E-state index in [2.05, 4.69) is 48.6 Å². The van der Waals surface area contributed by atoms with Crippen LogP contribution >= 0.6 is 0 Å². The number of anilines is 2. The van der Waals surface area contributed by atoms with Crippen LogP contribution in [0.15, 0.2) is 18.2 Å². The van der Waals surface area contributed by atoms with E-state index in [0.717, 1.165) is 24.2 Å². The van der Waals surface area contributed by atoms with Gasteiger partial charge in [-0.05, 0) is 44.0 Å². The van der Waals surface area contributed by atoms with Crippen LogP contribution in [0.3, 0.4) is 0 Å². The number of hydrogen-bond acceptors (Lipinski definition) is 3. The van der Waals surface area contributed by atoms with Crippen LogP contribution in [0.25, 0.3) is 0 Å². The third-order valence-corrected chi connectivity index (χ3v) is 4.23. The summed E-state index contributed by atoms with van der Waals surface area (Å²) in [6, 6.07) is 6.76. The largest absolute Gasteiger partial charge is 0.370 e. The molecule has 2 N–H and O–H groups in total. The fraction of sp³-hybridized carbons (Fsp3) is 0.533.